The van der Waals surface area contributed by atoms with Crippen LogP contribution in [0.2, 0.25) is 0 Å². The van der Waals surface area contributed by atoms with E-state index in [9.17, 15) is 0 Å². The third kappa shape index (κ3) is 3.05. The van der Waals surface area contributed by atoms with Gasteiger partial charge in [-0.05, 0) is 43.1 Å². The van der Waals surface area contributed by atoms with Gasteiger partial charge in [-0.2, -0.15) is 0 Å². The summed E-state index contributed by atoms with van der Waals surface area (Å²) in [7, 11) is 0. The molecule has 0 unspecified atom stereocenters. The van der Waals surface area contributed by atoms with E-state index < -0.39 is 0 Å². The highest BCUT2D eigenvalue weighted by atomic mass is 16.3. The molecule has 0 bridgehead atoms. The maximum Gasteiger partial charge on any atom is 0.115 e. The summed E-state index contributed by atoms with van der Waals surface area (Å²) in [6.45, 7) is 1.22. The average molecular weight is 180 g/mol. The van der Waals surface area contributed by atoms with Crippen molar-refractivity contribution >= 4 is 0 Å². The van der Waals surface area contributed by atoms with E-state index in [1.807, 2.05) is 12.1 Å². The van der Waals surface area contributed by atoms with Crippen molar-refractivity contribution in [1.29, 1.82) is 0 Å². The Bertz CT molecular complexity index is 242. The Kier molecular flexibility index (Phi) is 3.73. The van der Waals surface area contributed by atoms with E-state index in [0.717, 1.165) is 6.42 Å². The number of hydrogen-bond acceptors (Lipinski definition) is 3. The Morgan fingerprint density at radius 3 is 2.08 bits per heavy atom. The van der Waals surface area contributed by atoms with Crippen molar-refractivity contribution in [3.63, 3.8) is 0 Å². The molecule has 0 aliphatic carbocycles. The van der Waals surface area contributed by atoms with E-state index in [1.54, 1.807) is 12.1 Å². The minimum Gasteiger partial charge on any atom is -0.508 e. The molecule has 13 heavy (non-hydrogen) atoms. The number of benzene rings is 1. The molecule has 0 aliphatic heterocycles. The molecule has 0 fully saturated rings. The van der Waals surface area contributed by atoms with Gasteiger partial charge in [-0.3, -0.25) is 0 Å². The van der Waals surface area contributed by atoms with Crippen molar-refractivity contribution in [2.24, 2.45) is 17.4 Å². The van der Waals surface area contributed by atoms with Crippen LogP contribution in [0.1, 0.15) is 5.56 Å². The summed E-state index contributed by atoms with van der Waals surface area (Å²) in [6, 6.07) is 7.15. The number of phenolic OH excluding ortho intramolecular Hbond substituents is 1. The van der Waals surface area contributed by atoms with E-state index in [1.165, 1.54) is 5.56 Å². The fourth-order valence-corrected chi connectivity index (χ4v) is 1.23. The molecule has 72 valence electrons. The predicted octanol–water partition coefficient (Wildman–Crippen LogP) is 0.468. The van der Waals surface area contributed by atoms with Gasteiger partial charge in [0.1, 0.15) is 5.75 Å². The molecule has 1 rings (SSSR count). The second kappa shape index (κ2) is 4.84. The summed E-state index contributed by atoms with van der Waals surface area (Å²) in [5.74, 6) is 0.630. The van der Waals surface area contributed by atoms with Gasteiger partial charge in [0.25, 0.3) is 0 Å². The Hall–Kier alpha value is -1.06. The van der Waals surface area contributed by atoms with Gasteiger partial charge in [-0.25, -0.2) is 0 Å². The Morgan fingerprint density at radius 2 is 1.62 bits per heavy atom. The summed E-state index contributed by atoms with van der Waals surface area (Å²) in [5, 5.41) is 9.06. The van der Waals surface area contributed by atoms with Gasteiger partial charge < -0.3 is 16.6 Å². The molecule has 0 amide bonds. The van der Waals surface area contributed by atoms with E-state index in [0.29, 0.717) is 24.8 Å². The number of phenols is 1. The minimum atomic E-state index is 0.292. The monoisotopic (exact) mass is 180 g/mol. The first-order valence-corrected chi connectivity index (χ1v) is 4.44. The molecule has 0 saturated carbocycles. The molecule has 3 heteroatoms. The van der Waals surface area contributed by atoms with E-state index >= 15 is 0 Å². The average Bonchev–Trinajstić information content (AvgIpc) is 2.17. The van der Waals surface area contributed by atoms with Crippen molar-refractivity contribution in [3.05, 3.63) is 29.8 Å². The first-order chi connectivity index (χ1) is 6.26. The van der Waals surface area contributed by atoms with Gasteiger partial charge in [0.15, 0.2) is 0 Å². The Morgan fingerprint density at radius 1 is 1.08 bits per heavy atom. The zero-order valence-corrected chi connectivity index (χ0v) is 7.61. The van der Waals surface area contributed by atoms with Crippen LogP contribution < -0.4 is 11.5 Å². The second-order valence-corrected chi connectivity index (χ2v) is 3.21. The van der Waals surface area contributed by atoms with Gasteiger partial charge in [-0.1, -0.05) is 12.1 Å². The predicted molar refractivity (Wildman–Crippen MR) is 53.4 cm³/mol. The fraction of sp³-hybridized carbons (Fsp3) is 0.400. The lowest BCUT2D eigenvalue weighted by Crippen LogP contribution is -2.25. The van der Waals surface area contributed by atoms with Crippen LogP contribution in [0.25, 0.3) is 0 Å². The molecule has 0 spiro atoms. The quantitative estimate of drug-likeness (QED) is 0.630. The zero-order valence-electron chi connectivity index (χ0n) is 7.61. The summed E-state index contributed by atoms with van der Waals surface area (Å²) in [6.07, 6.45) is 0.882. The standard InChI is InChI=1S/C10H16N2O/c11-6-9(7-12)5-8-1-3-10(13)4-2-8/h1-4,9,13H,5-7,11-12H2. The van der Waals surface area contributed by atoms with Crippen LogP contribution in [0.15, 0.2) is 24.3 Å². The molecule has 0 radical (unpaired) electrons. The van der Waals surface area contributed by atoms with Crippen molar-refractivity contribution in [3.8, 4) is 5.75 Å². The van der Waals surface area contributed by atoms with Crippen molar-refractivity contribution in [2.45, 2.75) is 6.42 Å². The second-order valence-electron chi connectivity index (χ2n) is 3.21. The van der Waals surface area contributed by atoms with Crippen molar-refractivity contribution in [1.82, 2.24) is 0 Å². The molecule has 0 aromatic heterocycles. The van der Waals surface area contributed by atoms with E-state index in [-0.39, 0.29) is 0 Å². The lowest BCUT2D eigenvalue weighted by molar-refractivity contribution is 0.474. The summed E-state index contributed by atoms with van der Waals surface area (Å²) in [5.41, 5.74) is 12.2. The van der Waals surface area contributed by atoms with Crippen LogP contribution in [-0.2, 0) is 6.42 Å². The Balaban J connectivity index is 2.58. The lowest BCUT2D eigenvalue weighted by Gasteiger charge is -2.11. The highest BCUT2D eigenvalue weighted by Gasteiger charge is 2.04. The van der Waals surface area contributed by atoms with E-state index in [2.05, 4.69) is 0 Å². The first-order valence-electron chi connectivity index (χ1n) is 4.44. The third-order valence-corrected chi connectivity index (χ3v) is 2.13. The van der Waals surface area contributed by atoms with Crippen molar-refractivity contribution in [2.75, 3.05) is 13.1 Å². The molecule has 0 heterocycles. The topological polar surface area (TPSA) is 72.3 Å². The lowest BCUT2D eigenvalue weighted by atomic mass is 10.00. The van der Waals surface area contributed by atoms with Crippen LogP contribution in [0.3, 0.4) is 0 Å². The highest BCUT2D eigenvalue weighted by molar-refractivity contribution is 5.26. The molecule has 0 atom stereocenters. The number of aromatic hydroxyl groups is 1. The van der Waals surface area contributed by atoms with Gasteiger partial charge in [0, 0.05) is 0 Å². The molecule has 0 aliphatic rings. The molecular weight excluding hydrogens is 164 g/mol. The van der Waals surface area contributed by atoms with Crippen LogP contribution in [0, 0.1) is 5.92 Å². The minimum absolute atomic E-state index is 0.292. The summed E-state index contributed by atoms with van der Waals surface area (Å²) in [4.78, 5) is 0. The summed E-state index contributed by atoms with van der Waals surface area (Å²) < 4.78 is 0. The number of hydrogen-bond donors (Lipinski definition) is 3. The normalized spacial score (nSPS) is 10.7. The molecule has 0 saturated heterocycles. The van der Waals surface area contributed by atoms with Crippen LogP contribution in [-0.4, -0.2) is 18.2 Å². The highest BCUT2D eigenvalue weighted by Crippen LogP contribution is 2.12. The fourth-order valence-electron chi connectivity index (χ4n) is 1.23. The number of nitrogens with two attached hydrogens (primary N) is 2. The SMILES string of the molecule is NCC(CN)Cc1ccc(O)cc1. The van der Waals surface area contributed by atoms with Gasteiger partial charge in [0.2, 0.25) is 0 Å². The smallest absolute Gasteiger partial charge is 0.115 e. The van der Waals surface area contributed by atoms with Crippen LogP contribution in [0.4, 0.5) is 0 Å². The molecule has 1 aromatic carbocycles. The molecular formula is C10H16N2O. The van der Waals surface area contributed by atoms with Gasteiger partial charge in [-0.15, -0.1) is 0 Å². The third-order valence-electron chi connectivity index (χ3n) is 2.13. The van der Waals surface area contributed by atoms with Crippen LogP contribution in [0.5, 0.6) is 5.75 Å². The molecule has 1 aromatic rings. The number of rotatable bonds is 4. The zero-order chi connectivity index (χ0) is 9.68. The summed E-state index contributed by atoms with van der Waals surface area (Å²) >= 11 is 0. The van der Waals surface area contributed by atoms with Gasteiger partial charge >= 0.3 is 0 Å². The van der Waals surface area contributed by atoms with Crippen molar-refractivity contribution < 1.29 is 5.11 Å². The van der Waals surface area contributed by atoms with Crippen LogP contribution >= 0.6 is 0 Å². The Labute approximate surface area is 78.4 Å². The van der Waals surface area contributed by atoms with E-state index in [4.69, 9.17) is 16.6 Å². The first kappa shape index (κ1) is 10.0. The largest absolute Gasteiger partial charge is 0.508 e. The maximum atomic E-state index is 9.06. The maximum absolute atomic E-state index is 9.06. The molecule has 3 nitrogen and oxygen atoms in total. The van der Waals surface area contributed by atoms with Gasteiger partial charge in [0.05, 0.1) is 0 Å². The molecule has 5 N–H and O–H groups in total.